The number of anilines is 2. The highest BCUT2D eigenvalue weighted by Crippen LogP contribution is 2.47. The van der Waals surface area contributed by atoms with Crippen molar-refractivity contribution >= 4 is 78.5 Å². The maximum Gasteiger partial charge on any atom is 0.424 e. The molecule has 1 heterocycles. The van der Waals surface area contributed by atoms with Crippen LogP contribution in [0, 0.1) is 0 Å². The van der Waals surface area contributed by atoms with Crippen molar-refractivity contribution in [2.75, 3.05) is 9.80 Å². The molecule has 6 aromatic carbocycles. The Balaban J connectivity index is 1.48. The molecule has 1 aliphatic rings. The molecule has 0 spiro atoms. The molecule has 1 aliphatic heterocycles. The van der Waals surface area contributed by atoms with Gasteiger partial charge in [-0.15, -0.1) is 0 Å². The molecule has 0 atom stereocenters. The number of amides is 4. The van der Waals surface area contributed by atoms with Gasteiger partial charge in [-0.25, -0.2) is 14.5 Å². The van der Waals surface area contributed by atoms with Crippen molar-refractivity contribution in [2.24, 2.45) is 0 Å². The minimum absolute atomic E-state index is 0.0921. The lowest BCUT2D eigenvalue weighted by molar-refractivity contribution is 0.0430. The third-order valence-electron chi connectivity index (χ3n) is 9.58. The van der Waals surface area contributed by atoms with E-state index in [0.29, 0.717) is 33.3 Å². The van der Waals surface area contributed by atoms with Gasteiger partial charge in [0.25, 0.3) is 11.8 Å². The molecule has 6 aromatic rings. The number of hydrogen-bond donors (Lipinski definition) is 0. The zero-order valence-electron chi connectivity index (χ0n) is 31.4. The standard InChI is InChI=1S/C44H44N2O6/c1-23(2)25-13-11-14-26(24(3)4)38(25)46-39(47)32-19-17-29-27-15-12-16-31-34(45(41(49)51-43(5,6)7)42(50)52-44(8,9)10)22-21-28(35(27)31)30-18-20-33(40(46)48)37(32)36(29)30/h11-24H,1-10H3. The van der Waals surface area contributed by atoms with Gasteiger partial charge in [0.15, 0.2) is 0 Å². The summed E-state index contributed by atoms with van der Waals surface area (Å²) in [7, 11) is 0. The van der Waals surface area contributed by atoms with Crippen LogP contribution in [0.2, 0.25) is 0 Å². The monoisotopic (exact) mass is 696 g/mol. The van der Waals surface area contributed by atoms with E-state index in [9.17, 15) is 19.2 Å². The maximum atomic E-state index is 14.6. The Morgan fingerprint density at radius 1 is 0.558 bits per heavy atom. The van der Waals surface area contributed by atoms with Crippen molar-refractivity contribution < 1.29 is 28.7 Å². The number of fused-ring (bicyclic) bond motifs is 2. The second-order valence-electron chi connectivity index (χ2n) is 16.3. The predicted octanol–water partition coefficient (Wildman–Crippen LogP) is 11.5. The van der Waals surface area contributed by atoms with Gasteiger partial charge in [0.2, 0.25) is 0 Å². The van der Waals surface area contributed by atoms with Crippen LogP contribution in [0.25, 0.3) is 43.1 Å². The third kappa shape index (κ3) is 5.52. The Bertz CT molecular complexity index is 2360. The second-order valence-corrected chi connectivity index (χ2v) is 16.3. The number of nitrogens with zero attached hydrogens (tertiary/aromatic N) is 2. The summed E-state index contributed by atoms with van der Waals surface area (Å²) in [5.41, 5.74) is 2.10. The number of rotatable bonds is 4. The summed E-state index contributed by atoms with van der Waals surface area (Å²) in [4.78, 5) is 58.9. The first-order valence-corrected chi connectivity index (χ1v) is 17.8. The van der Waals surface area contributed by atoms with E-state index in [0.717, 1.165) is 48.3 Å². The Labute approximate surface area is 303 Å². The Kier molecular flexibility index (Phi) is 8.09. The molecule has 0 N–H and O–H groups in total. The van der Waals surface area contributed by atoms with E-state index in [1.807, 2.05) is 66.7 Å². The summed E-state index contributed by atoms with van der Waals surface area (Å²) in [6.07, 6.45) is -1.70. The Hall–Kier alpha value is -5.50. The van der Waals surface area contributed by atoms with Gasteiger partial charge in [-0.1, -0.05) is 82.3 Å². The molecule has 8 heteroatoms. The Morgan fingerprint density at radius 2 is 0.981 bits per heavy atom. The quantitative estimate of drug-likeness (QED) is 0.103. The second kappa shape index (κ2) is 12.0. The summed E-state index contributed by atoms with van der Waals surface area (Å²) in [5, 5.41) is 6.34. The molecule has 0 aromatic heterocycles. The molecule has 0 saturated carbocycles. The minimum Gasteiger partial charge on any atom is -0.443 e. The molecule has 8 nitrogen and oxygen atoms in total. The van der Waals surface area contributed by atoms with Crippen molar-refractivity contribution in [3.8, 4) is 0 Å². The van der Waals surface area contributed by atoms with Gasteiger partial charge in [-0.2, -0.15) is 4.90 Å². The SMILES string of the molecule is CC(C)c1cccc(C(C)C)c1N1C(=O)c2ccc3c4cccc5c(N(C(=O)OC(C)(C)C)C(=O)OC(C)(C)C)ccc(c6ccc(c2c36)C1=O)c54. The molecular formula is C44H44N2O6. The van der Waals surface area contributed by atoms with E-state index in [4.69, 9.17) is 9.47 Å². The zero-order valence-corrected chi connectivity index (χ0v) is 31.4. The largest absolute Gasteiger partial charge is 0.443 e. The average molecular weight is 697 g/mol. The summed E-state index contributed by atoms with van der Waals surface area (Å²) in [6, 6.07) is 22.9. The van der Waals surface area contributed by atoms with E-state index in [1.54, 1.807) is 47.6 Å². The van der Waals surface area contributed by atoms with Gasteiger partial charge in [-0.05, 0) is 115 Å². The molecule has 0 saturated heterocycles. The molecule has 52 heavy (non-hydrogen) atoms. The molecule has 0 bridgehead atoms. The van der Waals surface area contributed by atoms with E-state index in [-0.39, 0.29) is 23.7 Å². The number of carbonyl (C=O) groups excluding carboxylic acids is 4. The van der Waals surface area contributed by atoms with Gasteiger partial charge in [0.05, 0.1) is 11.4 Å². The van der Waals surface area contributed by atoms with Crippen LogP contribution in [0.5, 0.6) is 0 Å². The fourth-order valence-electron chi connectivity index (χ4n) is 7.53. The molecule has 0 radical (unpaired) electrons. The van der Waals surface area contributed by atoms with Crippen LogP contribution >= 0.6 is 0 Å². The Morgan fingerprint density at radius 3 is 1.46 bits per heavy atom. The lowest BCUT2D eigenvalue weighted by Gasteiger charge is -2.33. The molecule has 0 fully saturated rings. The number of imide groups is 2. The number of hydrogen-bond acceptors (Lipinski definition) is 6. The van der Waals surface area contributed by atoms with Crippen LogP contribution < -0.4 is 9.80 Å². The van der Waals surface area contributed by atoms with Crippen LogP contribution in [-0.4, -0.2) is 35.2 Å². The summed E-state index contributed by atoms with van der Waals surface area (Å²) < 4.78 is 11.4. The fraction of sp³-hybridized carbons (Fsp3) is 0.318. The van der Waals surface area contributed by atoms with Crippen LogP contribution in [-0.2, 0) is 9.47 Å². The number of para-hydroxylation sites is 1. The third-order valence-corrected chi connectivity index (χ3v) is 9.58. The van der Waals surface area contributed by atoms with Gasteiger partial charge < -0.3 is 9.47 Å². The zero-order chi connectivity index (χ0) is 37.6. The number of benzene rings is 6. The molecule has 7 rings (SSSR count). The fourth-order valence-corrected chi connectivity index (χ4v) is 7.53. The maximum absolute atomic E-state index is 14.6. The molecule has 4 amide bonds. The lowest BCUT2D eigenvalue weighted by atomic mass is 9.83. The van der Waals surface area contributed by atoms with Crippen molar-refractivity contribution in [2.45, 2.75) is 92.3 Å². The van der Waals surface area contributed by atoms with Crippen LogP contribution in [0.1, 0.15) is 113 Å². The van der Waals surface area contributed by atoms with Crippen molar-refractivity contribution in [1.29, 1.82) is 0 Å². The molecule has 0 aliphatic carbocycles. The van der Waals surface area contributed by atoms with Crippen molar-refractivity contribution in [3.05, 3.63) is 95.1 Å². The topological polar surface area (TPSA) is 93.2 Å². The number of ether oxygens (including phenoxy) is 2. The molecule has 266 valence electrons. The van der Waals surface area contributed by atoms with Crippen molar-refractivity contribution in [3.63, 3.8) is 0 Å². The highest BCUT2D eigenvalue weighted by Gasteiger charge is 2.39. The van der Waals surface area contributed by atoms with Crippen molar-refractivity contribution in [1.82, 2.24) is 0 Å². The smallest absolute Gasteiger partial charge is 0.424 e. The van der Waals surface area contributed by atoms with E-state index >= 15 is 0 Å². The average Bonchev–Trinajstić information content (AvgIpc) is 3.05. The summed E-state index contributed by atoms with van der Waals surface area (Å²) in [6.45, 7) is 18.7. The first kappa shape index (κ1) is 34.9. The van der Waals surface area contributed by atoms with Gasteiger partial charge in [-0.3, -0.25) is 9.59 Å². The first-order chi connectivity index (χ1) is 24.4. The van der Waals surface area contributed by atoms with E-state index < -0.39 is 23.4 Å². The van der Waals surface area contributed by atoms with Gasteiger partial charge in [0, 0.05) is 21.9 Å². The highest BCUT2D eigenvalue weighted by molar-refractivity contribution is 6.43. The summed E-state index contributed by atoms with van der Waals surface area (Å²) in [5.74, 6) is -0.508. The highest BCUT2D eigenvalue weighted by atomic mass is 16.6. The van der Waals surface area contributed by atoms with E-state index in [2.05, 4.69) is 27.7 Å². The summed E-state index contributed by atoms with van der Waals surface area (Å²) >= 11 is 0. The normalized spacial score (nSPS) is 13.7. The molecular weight excluding hydrogens is 652 g/mol. The predicted molar refractivity (Wildman–Crippen MR) is 208 cm³/mol. The van der Waals surface area contributed by atoms with Gasteiger partial charge >= 0.3 is 12.2 Å². The van der Waals surface area contributed by atoms with Crippen LogP contribution in [0.3, 0.4) is 0 Å². The van der Waals surface area contributed by atoms with Gasteiger partial charge in [0.1, 0.15) is 11.2 Å². The van der Waals surface area contributed by atoms with Crippen LogP contribution in [0.4, 0.5) is 21.0 Å². The molecule has 0 unspecified atom stereocenters. The lowest BCUT2D eigenvalue weighted by Crippen LogP contribution is -2.43. The van der Waals surface area contributed by atoms with Crippen LogP contribution in [0.15, 0.2) is 72.8 Å². The minimum atomic E-state index is -0.865. The first-order valence-electron chi connectivity index (χ1n) is 17.8. The van der Waals surface area contributed by atoms with E-state index in [1.165, 1.54) is 4.90 Å². The number of carbonyl (C=O) groups is 4.